The Balaban J connectivity index is 1.72. The summed E-state index contributed by atoms with van der Waals surface area (Å²) >= 11 is 0. The summed E-state index contributed by atoms with van der Waals surface area (Å²) in [7, 11) is 0. The van der Waals surface area contributed by atoms with Gasteiger partial charge in [0.1, 0.15) is 0 Å². The Morgan fingerprint density at radius 3 is 2.85 bits per heavy atom. The van der Waals surface area contributed by atoms with Crippen molar-refractivity contribution in [2.45, 2.75) is 57.7 Å². The van der Waals surface area contributed by atoms with Crippen molar-refractivity contribution in [3.05, 3.63) is 35.5 Å². The minimum atomic E-state index is -0.168. The second-order valence-corrected chi connectivity index (χ2v) is 6.29. The minimum absolute atomic E-state index is 0.168. The first-order valence-corrected chi connectivity index (χ1v) is 7.66. The van der Waals surface area contributed by atoms with Crippen LogP contribution < -0.4 is 5.32 Å². The van der Waals surface area contributed by atoms with Gasteiger partial charge in [-0.1, -0.05) is 19.9 Å². The molecule has 1 heterocycles. The molecule has 1 fully saturated rings. The number of rotatable bonds is 4. The smallest absolute Gasteiger partial charge is 0.0693 e. The number of H-pyrrole nitrogens is 1. The topological polar surface area (TPSA) is 48.0 Å². The zero-order valence-corrected chi connectivity index (χ0v) is 12.3. The van der Waals surface area contributed by atoms with Crippen LogP contribution in [0.3, 0.4) is 0 Å². The number of aliphatic hydroxyl groups excluding tert-OH is 1. The van der Waals surface area contributed by atoms with Crippen molar-refractivity contribution in [1.29, 1.82) is 0 Å². The highest BCUT2D eigenvalue weighted by molar-refractivity contribution is 5.81. The number of hydrogen-bond donors (Lipinski definition) is 3. The fraction of sp³-hybridized carbons (Fsp3) is 0.529. The molecule has 108 valence electrons. The maximum atomic E-state index is 9.84. The zero-order chi connectivity index (χ0) is 14.1. The average Bonchev–Trinajstić information content (AvgIpc) is 3.01. The van der Waals surface area contributed by atoms with Gasteiger partial charge in [-0.2, -0.15) is 0 Å². The van der Waals surface area contributed by atoms with Gasteiger partial charge in [0, 0.05) is 23.8 Å². The van der Waals surface area contributed by atoms with Crippen LogP contribution in [0.25, 0.3) is 10.9 Å². The molecule has 0 saturated heterocycles. The molecule has 2 aromatic rings. The van der Waals surface area contributed by atoms with Gasteiger partial charge >= 0.3 is 0 Å². The maximum absolute atomic E-state index is 9.84. The molecule has 3 rings (SSSR count). The summed E-state index contributed by atoms with van der Waals surface area (Å²) in [5, 5.41) is 14.6. The van der Waals surface area contributed by atoms with E-state index in [0.717, 1.165) is 25.8 Å². The molecule has 0 aliphatic heterocycles. The van der Waals surface area contributed by atoms with Crippen LogP contribution >= 0.6 is 0 Å². The average molecular weight is 272 g/mol. The Kier molecular flexibility index (Phi) is 3.81. The molecule has 3 nitrogen and oxygen atoms in total. The van der Waals surface area contributed by atoms with Gasteiger partial charge in [-0.25, -0.2) is 0 Å². The quantitative estimate of drug-likeness (QED) is 0.800. The molecule has 1 aliphatic rings. The third-order valence-electron chi connectivity index (χ3n) is 4.38. The highest BCUT2D eigenvalue weighted by Gasteiger charge is 2.24. The molecular weight excluding hydrogens is 248 g/mol. The van der Waals surface area contributed by atoms with Crippen LogP contribution in [-0.4, -0.2) is 22.2 Å². The zero-order valence-electron chi connectivity index (χ0n) is 12.3. The van der Waals surface area contributed by atoms with Gasteiger partial charge in [-0.3, -0.25) is 0 Å². The van der Waals surface area contributed by atoms with Crippen LogP contribution in [0.5, 0.6) is 0 Å². The summed E-state index contributed by atoms with van der Waals surface area (Å²) in [4.78, 5) is 3.47. The van der Waals surface area contributed by atoms with Crippen molar-refractivity contribution in [1.82, 2.24) is 10.3 Å². The lowest BCUT2D eigenvalue weighted by Crippen LogP contribution is -2.34. The van der Waals surface area contributed by atoms with Crippen molar-refractivity contribution >= 4 is 10.9 Å². The van der Waals surface area contributed by atoms with Gasteiger partial charge in [-0.05, 0) is 54.3 Å². The second-order valence-electron chi connectivity index (χ2n) is 6.29. The summed E-state index contributed by atoms with van der Waals surface area (Å²) in [5.74, 6) is 0.526. The van der Waals surface area contributed by atoms with E-state index in [4.69, 9.17) is 0 Å². The van der Waals surface area contributed by atoms with E-state index in [1.807, 2.05) is 0 Å². The standard InChI is InChI=1S/C17H24N2O/c1-11(2)16-9-13-8-12(6-7-14(13)19-16)10-18-15-4-3-5-17(15)20/h6-9,11,15,17-20H,3-5,10H2,1-2H3/t15-,17-/m1/s1. The third-order valence-corrected chi connectivity index (χ3v) is 4.38. The molecule has 1 aliphatic carbocycles. The lowest BCUT2D eigenvalue weighted by molar-refractivity contribution is 0.148. The Labute approximate surface area is 120 Å². The highest BCUT2D eigenvalue weighted by Crippen LogP contribution is 2.23. The lowest BCUT2D eigenvalue weighted by atomic mass is 10.1. The highest BCUT2D eigenvalue weighted by atomic mass is 16.3. The van der Waals surface area contributed by atoms with Crippen molar-refractivity contribution < 1.29 is 5.11 Å². The summed E-state index contributed by atoms with van der Waals surface area (Å²) < 4.78 is 0. The first kappa shape index (κ1) is 13.7. The SMILES string of the molecule is CC(C)c1cc2cc(CN[C@@H]3CCC[C@H]3O)ccc2[nH]1. The molecular formula is C17H24N2O. The van der Waals surface area contributed by atoms with Crippen LogP contribution in [0.2, 0.25) is 0 Å². The minimum Gasteiger partial charge on any atom is -0.392 e. The van der Waals surface area contributed by atoms with Gasteiger partial charge in [0.15, 0.2) is 0 Å². The molecule has 0 amide bonds. The normalized spacial score (nSPS) is 23.0. The number of nitrogens with one attached hydrogen (secondary N) is 2. The number of benzene rings is 1. The molecule has 20 heavy (non-hydrogen) atoms. The number of hydrogen-bond acceptors (Lipinski definition) is 2. The van der Waals surface area contributed by atoms with Crippen LogP contribution in [0.4, 0.5) is 0 Å². The van der Waals surface area contributed by atoms with Crippen LogP contribution in [0.15, 0.2) is 24.3 Å². The number of aliphatic hydroxyl groups is 1. The second kappa shape index (κ2) is 5.58. The molecule has 2 atom stereocenters. The Hall–Kier alpha value is -1.32. The molecule has 1 saturated carbocycles. The van der Waals surface area contributed by atoms with Crippen LogP contribution in [0, 0.1) is 0 Å². The molecule has 0 spiro atoms. The van der Waals surface area contributed by atoms with E-state index < -0.39 is 0 Å². The fourth-order valence-corrected chi connectivity index (χ4v) is 3.05. The molecule has 3 N–H and O–H groups in total. The molecule has 0 unspecified atom stereocenters. The summed E-state index contributed by atoms with van der Waals surface area (Å²) in [6, 6.07) is 9.07. The molecule has 1 aromatic carbocycles. The third kappa shape index (κ3) is 2.74. The van der Waals surface area contributed by atoms with E-state index in [2.05, 4.69) is 48.4 Å². The first-order valence-electron chi connectivity index (χ1n) is 7.66. The molecule has 3 heteroatoms. The Bertz CT molecular complexity index is 588. The Morgan fingerprint density at radius 1 is 1.30 bits per heavy atom. The summed E-state index contributed by atoms with van der Waals surface area (Å²) in [6.45, 7) is 5.24. The van der Waals surface area contributed by atoms with E-state index in [1.165, 1.54) is 22.2 Å². The van der Waals surface area contributed by atoms with Crippen molar-refractivity contribution in [2.75, 3.05) is 0 Å². The molecule has 0 bridgehead atoms. The molecule has 1 aromatic heterocycles. The lowest BCUT2D eigenvalue weighted by Gasteiger charge is -2.16. The fourth-order valence-electron chi connectivity index (χ4n) is 3.05. The maximum Gasteiger partial charge on any atom is 0.0693 e. The Morgan fingerprint density at radius 2 is 2.15 bits per heavy atom. The van der Waals surface area contributed by atoms with Gasteiger partial charge in [0.2, 0.25) is 0 Å². The van der Waals surface area contributed by atoms with Crippen LogP contribution in [-0.2, 0) is 6.54 Å². The van der Waals surface area contributed by atoms with Crippen LogP contribution in [0.1, 0.15) is 50.3 Å². The molecule has 0 radical (unpaired) electrons. The van der Waals surface area contributed by atoms with E-state index >= 15 is 0 Å². The van der Waals surface area contributed by atoms with Gasteiger partial charge < -0.3 is 15.4 Å². The largest absolute Gasteiger partial charge is 0.392 e. The van der Waals surface area contributed by atoms with Crippen molar-refractivity contribution in [3.63, 3.8) is 0 Å². The van der Waals surface area contributed by atoms with E-state index in [0.29, 0.717) is 5.92 Å². The van der Waals surface area contributed by atoms with E-state index in [1.54, 1.807) is 0 Å². The monoisotopic (exact) mass is 272 g/mol. The first-order chi connectivity index (χ1) is 9.63. The van der Waals surface area contributed by atoms with Crippen molar-refractivity contribution in [3.8, 4) is 0 Å². The van der Waals surface area contributed by atoms with Gasteiger partial charge in [0.25, 0.3) is 0 Å². The van der Waals surface area contributed by atoms with E-state index in [-0.39, 0.29) is 12.1 Å². The predicted octanol–water partition coefficient (Wildman–Crippen LogP) is 3.29. The van der Waals surface area contributed by atoms with Gasteiger partial charge in [0.05, 0.1) is 6.10 Å². The summed E-state index contributed by atoms with van der Waals surface area (Å²) in [5.41, 5.74) is 3.78. The van der Waals surface area contributed by atoms with E-state index in [9.17, 15) is 5.11 Å². The number of fused-ring (bicyclic) bond motifs is 1. The van der Waals surface area contributed by atoms with Crippen molar-refractivity contribution in [2.24, 2.45) is 0 Å². The predicted molar refractivity (Wildman–Crippen MR) is 82.9 cm³/mol. The summed E-state index contributed by atoms with van der Waals surface area (Å²) in [6.07, 6.45) is 2.99. The number of aromatic amines is 1. The number of aromatic nitrogens is 1. The van der Waals surface area contributed by atoms with Gasteiger partial charge in [-0.15, -0.1) is 0 Å².